The minimum absolute atomic E-state index is 0.0197. The summed E-state index contributed by atoms with van der Waals surface area (Å²) in [6.07, 6.45) is 2.62. The molecule has 0 spiro atoms. The quantitative estimate of drug-likeness (QED) is 0.761. The Morgan fingerprint density at radius 3 is 2.64 bits per heavy atom. The van der Waals surface area contributed by atoms with Crippen molar-refractivity contribution >= 4 is 17.4 Å². The predicted octanol–water partition coefficient (Wildman–Crippen LogP) is 2.40. The molecule has 0 aromatic heterocycles. The van der Waals surface area contributed by atoms with Gasteiger partial charge in [0, 0.05) is 10.6 Å². The van der Waals surface area contributed by atoms with Crippen LogP contribution in [0, 0.1) is 0 Å². The molecular weight excluding hydrogens is 198 g/mol. The highest BCUT2D eigenvalue weighted by atomic mass is 35.5. The molecule has 0 unspecified atom stereocenters. The lowest BCUT2D eigenvalue weighted by molar-refractivity contribution is 0.0801. The fraction of sp³-hybridized carbons (Fsp3) is 0.364. The molecule has 0 atom stereocenters. The maximum Gasteiger partial charge on any atom is 0.182 e. The van der Waals surface area contributed by atoms with Gasteiger partial charge in [0.1, 0.15) is 0 Å². The van der Waals surface area contributed by atoms with E-state index < -0.39 is 5.54 Å². The van der Waals surface area contributed by atoms with Crippen LogP contribution in [0.3, 0.4) is 0 Å². The van der Waals surface area contributed by atoms with Gasteiger partial charge >= 0.3 is 0 Å². The van der Waals surface area contributed by atoms with Crippen molar-refractivity contribution in [3.63, 3.8) is 0 Å². The molecule has 1 aromatic rings. The lowest BCUT2D eigenvalue weighted by Gasteiger charge is -2.36. The van der Waals surface area contributed by atoms with E-state index in [9.17, 15) is 4.79 Å². The van der Waals surface area contributed by atoms with Gasteiger partial charge in [0.15, 0.2) is 5.78 Å². The Morgan fingerprint density at radius 2 is 2.14 bits per heavy atom. The predicted molar refractivity (Wildman–Crippen MR) is 56.6 cm³/mol. The highest BCUT2D eigenvalue weighted by molar-refractivity contribution is 6.31. The first kappa shape index (κ1) is 9.69. The van der Waals surface area contributed by atoms with Crippen molar-refractivity contribution in [3.8, 4) is 0 Å². The van der Waals surface area contributed by atoms with Crippen LogP contribution < -0.4 is 5.73 Å². The number of benzene rings is 1. The lowest BCUT2D eigenvalue weighted by Crippen LogP contribution is -2.53. The Kier molecular flexibility index (Phi) is 2.33. The van der Waals surface area contributed by atoms with Gasteiger partial charge in [0.2, 0.25) is 0 Å². The van der Waals surface area contributed by atoms with Gasteiger partial charge in [-0.2, -0.15) is 0 Å². The Balaban J connectivity index is 2.27. The average molecular weight is 210 g/mol. The van der Waals surface area contributed by atoms with Crippen LogP contribution in [-0.4, -0.2) is 11.3 Å². The van der Waals surface area contributed by atoms with E-state index in [0.717, 1.165) is 19.3 Å². The molecule has 1 aromatic carbocycles. The second-order valence-electron chi connectivity index (χ2n) is 3.85. The van der Waals surface area contributed by atoms with Crippen molar-refractivity contribution in [2.75, 3.05) is 0 Å². The number of ketones is 1. The summed E-state index contributed by atoms with van der Waals surface area (Å²) in [5, 5.41) is 0.582. The third-order valence-corrected chi connectivity index (χ3v) is 3.02. The monoisotopic (exact) mass is 209 g/mol. The van der Waals surface area contributed by atoms with Gasteiger partial charge in [-0.3, -0.25) is 4.79 Å². The third-order valence-electron chi connectivity index (χ3n) is 2.78. The molecule has 1 aliphatic carbocycles. The van der Waals surface area contributed by atoms with Gasteiger partial charge in [0.05, 0.1) is 5.54 Å². The molecule has 2 nitrogen and oxygen atoms in total. The highest BCUT2D eigenvalue weighted by Crippen LogP contribution is 2.32. The van der Waals surface area contributed by atoms with Gasteiger partial charge in [-0.25, -0.2) is 0 Å². The van der Waals surface area contributed by atoms with Crippen molar-refractivity contribution in [1.29, 1.82) is 0 Å². The van der Waals surface area contributed by atoms with E-state index >= 15 is 0 Å². The largest absolute Gasteiger partial charge is 0.319 e. The summed E-state index contributed by atoms with van der Waals surface area (Å²) in [7, 11) is 0. The summed E-state index contributed by atoms with van der Waals surface area (Å²) in [4.78, 5) is 11.9. The molecule has 0 bridgehead atoms. The minimum atomic E-state index is -0.620. The van der Waals surface area contributed by atoms with Gasteiger partial charge in [0.25, 0.3) is 0 Å². The fourth-order valence-corrected chi connectivity index (χ4v) is 1.89. The number of hydrogen-bond donors (Lipinski definition) is 1. The third kappa shape index (κ3) is 1.56. The maximum atomic E-state index is 11.9. The van der Waals surface area contributed by atoms with Crippen LogP contribution in [0.5, 0.6) is 0 Å². The normalized spacial score (nSPS) is 18.7. The van der Waals surface area contributed by atoms with E-state index in [-0.39, 0.29) is 5.78 Å². The smallest absolute Gasteiger partial charge is 0.182 e. The van der Waals surface area contributed by atoms with Gasteiger partial charge in [-0.05, 0) is 31.4 Å². The summed E-state index contributed by atoms with van der Waals surface area (Å²) in [6, 6.07) is 6.97. The van der Waals surface area contributed by atoms with Crippen molar-refractivity contribution < 1.29 is 4.79 Å². The number of Topliss-reactive ketones (excluding diaryl/α,β-unsaturated/α-hetero) is 1. The molecule has 2 N–H and O–H groups in total. The SMILES string of the molecule is NC1(C(=O)c2cccc(Cl)c2)CCC1. The van der Waals surface area contributed by atoms with Crippen LogP contribution in [0.1, 0.15) is 29.6 Å². The second-order valence-corrected chi connectivity index (χ2v) is 4.29. The summed E-state index contributed by atoms with van der Waals surface area (Å²) >= 11 is 5.81. The molecule has 0 saturated heterocycles. The Morgan fingerprint density at radius 1 is 1.43 bits per heavy atom. The first-order chi connectivity index (χ1) is 6.62. The number of halogens is 1. The summed E-state index contributed by atoms with van der Waals surface area (Å²) in [5.41, 5.74) is 5.94. The zero-order valence-corrected chi connectivity index (χ0v) is 8.55. The first-order valence-electron chi connectivity index (χ1n) is 4.71. The molecule has 1 fully saturated rings. The highest BCUT2D eigenvalue weighted by Gasteiger charge is 2.40. The molecule has 0 amide bonds. The van der Waals surface area contributed by atoms with Crippen molar-refractivity contribution in [2.45, 2.75) is 24.8 Å². The van der Waals surface area contributed by atoms with Crippen LogP contribution >= 0.6 is 11.6 Å². The lowest BCUT2D eigenvalue weighted by atomic mass is 9.73. The molecule has 1 aliphatic rings. The first-order valence-corrected chi connectivity index (χ1v) is 5.09. The summed E-state index contributed by atoms with van der Waals surface area (Å²) in [5.74, 6) is 0.0197. The molecule has 0 radical (unpaired) electrons. The van der Waals surface area contributed by atoms with E-state index in [1.165, 1.54) is 0 Å². The Labute approximate surface area is 88.1 Å². The Bertz CT molecular complexity index is 371. The topological polar surface area (TPSA) is 43.1 Å². The molecule has 3 heteroatoms. The summed E-state index contributed by atoms with van der Waals surface area (Å²) < 4.78 is 0. The number of rotatable bonds is 2. The van der Waals surface area contributed by atoms with E-state index in [2.05, 4.69) is 0 Å². The Hall–Kier alpha value is -0.860. The van der Waals surface area contributed by atoms with Crippen molar-refractivity contribution in [2.24, 2.45) is 5.73 Å². The van der Waals surface area contributed by atoms with Crippen LogP contribution in [0.4, 0.5) is 0 Å². The molecule has 14 heavy (non-hydrogen) atoms. The van der Waals surface area contributed by atoms with E-state index in [1.807, 2.05) is 0 Å². The average Bonchev–Trinajstić information content (AvgIpc) is 2.13. The zero-order chi connectivity index (χ0) is 10.2. The van der Waals surface area contributed by atoms with E-state index in [1.54, 1.807) is 24.3 Å². The fourth-order valence-electron chi connectivity index (χ4n) is 1.70. The zero-order valence-electron chi connectivity index (χ0n) is 7.79. The second kappa shape index (κ2) is 3.37. The van der Waals surface area contributed by atoms with Gasteiger partial charge in [-0.1, -0.05) is 23.7 Å². The molecule has 2 rings (SSSR count). The molecule has 0 aliphatic heterocycles. The number of carbonyl (C=O) groups is 1. The number of hydrogen-bond acceptors (Lipinski definition) is 2. The molecule has 0 heterocycles. The van der Waals surface area contributed by atoms with Crippen LogP contribution in [-0.2, 0) is 0 Å². The summed E-state index contributed by atoms with van der Waals surface area (Å²) in [6.45, 7) is 0. The minimum Gasteiger partial charge on any atom is -0.319 e. The van der Waals surface area contributed by atoms with Crippen molar-refractivity contribution in [1.82, 2.24) is 0 Å². The van der Waals surface area contributed by atoms with E-state index in [0.29, 0.717) is 10.6 Å². The maximum absolute atomic E-state index is 11.9. The van der Waals surface area contributed by atoms with Crippen molar-refractivity contribution in [3.05, 3.63) is 34.9 Å². The number of carbonyl (C=O) groups excluding carboxylic acids is 1. The standard InChI is InChI=1S/C11H12ClNO/c12-9-4-1-3-8(7-9)10(14)11(13)5-2-6-11/h1,3-4,7H,2,5-6,13H2. The molecular formula is C11H12ClNO. The van der Waals surface area contributed by atoms with Gasteiger partial charge in [-0.15, -0.1) is 0 Å². The molecule has 1 saturated carbocycles. The van der Waals surface area contributed by atoms with Gasteiger partial charge < -0.3 is 5.73 Å². The van der Waals surface area contributed by atoms with Crippen LogP contribution in [0.2, 0.25) is 5.02 Å². The van der Waals surface area contributed by atoms with Crippen LogP contribution in [0.25, 0.3) is 0 Å². The molecule has 74 valence electrons. The van der Waals surface area contributed by atoms with E-state index in [4.69, 9.17) is 17.3 Å². The van der Waals surface area contributed by atoms with Crippen LogP contribution in [0.15, 0.2) is 24.3 Å². The number of nitrogens with two attached hydrogens (primary N) is 1.